The van der Waals surface area contributed by atoms with E-state index in [9.17, 15) is 9.59 Å². The van der Waals surface area contributed by atoms with E-state index in [2.05, 4.69) is 5.32 Å². The molecule has 1 fully saturated rings. The Morgan fingerprint density at radius 1 is 1.14 bits per heavy atom. The molecule has 0 radical (unpaired) electrons. The summed E-state index contributed by atoms with van der Waals surface area (Å²) in [5.74, 6) is 0.826. The smallest absolute Gasteiger partial charge is 0.227 e. The first-order valence-corrected chi connectivity index (χ1v) is 9.40. The van der Waals surface area contributed by atoms with Crippen LogP contribution in [0.1, 0.15) is 17.5 Å². The molecule has 2 amide bonds. The summed E-state index contributed by atoms with van der Waals surface area (Å²) in [5.41, 5.74) is 2.91. The molecule has 0 saturated carbocycles. The Kier molecular flexibility index (Phi) is 6.19. The van der Waals surface area contributed by atoms with Crippen LogP contribution in [0.3, 0.4) is 0 Å². The topological polar surface area (TPSA) is 67.9 Å². The van der Waals surface area contributed by atoms with Gasteiger partial charge in [-0.3, -0.25) is 9.59 Å². The van der Waals surface area contributed by atoms with E-state index >= 15 is 0 Å². The van der Waals surface area contributed by atoms with Gasteiger partial charge in [0.1, 0.15) is 18.1 Å². The molecule has 28 heavy (non-hydrogen) atoms. The van der Waals surface area contributed by atoms with Crippen LogP contribution in [0.25, 0.3) is 0 Å². The van der Waals surface area contributed by atoms with E-state index in [0.29, 0.717) is 31.1 Å². The van der Waals surface area contributed by atoms with Crippen LogP contribution in [0.5, 0.6) is 11.5 Å². The zero-order chi connectivity index (χ0) is 20.1. The number of methoxy groups -OCH3 is 1. The van der Waals surface area contributed by atoms with E-state index in [-0.39, 0.29) is 24.2 Å². The van der Waals surface area contributed by atoms with Crippen LogP contribution in [-0.4, -0.2) is 38.6 Å². The highest BCUT2D eigenvalue weighted by molar-refractivity contribution is 6.01. The zero-order valence-corrected chi connectivity index (χ0v) is 16.5. The lowest BCUT2D eigenvalue weighted by Crippen LogP contribution is -2.35. The molecule has 1 saturated heterocycles. The van der Waals surface area contributed by atoms with Gasteiger partial charge in [-0.05, 0) is 43.7 Å². The number of carbonyl (C=O) groups is 2. The van der Waals surface area contributed by atoms with Crippen LogP contribution in [0, 0.1) is 19.8 Å². The first kappa shape index (κ1) is 19.7. The van der Waals surface area contributed by atoms with Crippen molar-refractivity contribution in [2.24, 2.45) is 5.92 Å². The maximum absolute atomic E-state index is 12.5. The second-order valence-electron chi connectivity index (χ2n) is 7.03. The highest BCUT2D eigenvalue weighted by Gasteiger charge is 2.36. The van der Waals surface area contributed by atoms with E-state index < -0.39 is 0 Å². The first-order chi connectivity index (χ1) is 13.5. The summed E-state index contributed by atoms with van der Waals surface area (Å²) in [6, 6.07) is 13.4. The monoisotopic (exact) mass is 382 g/mol. The van der Waals surface area contributed by atoms with Gasteiger partial charge in [0.05, 0.1) is 25.3 Å². The SMILES string of the molecule is COc1ccc(C)cc1N1CC(C(=O)NCCOc2ccc(C)cc2)CC1=O. The predicted octanol–water partition coefficient (Wildman–Crippen LogP) is 2.86. The minimum atomic E-state index is -0.378. The van der Waals surface area contributed by atoms with Crippen molar-refractivity contribution in [1.29, 1.82) is 0 Å². The van der Waals surface area contributed by atoms with Crippen LogP contribution in [0.15, 0.2) is 42.5 Å². The molecule has 0 aromatic heterocycles. The molecule has 1 heterocycles. The normalized spacial score (nSPS) is 16.2. The van der Waals surface area contributed by atoms with Gasteiger partial charge in [0.15, 0.2) is 0 Å². The Morgan fingerprint density at radius 2 is 1.86 bits per heavy atom. The van der Waals surface area contributed by atoms with Crippen LogP contribution in [-0.2, 0) is 9.59 Å². The summed E-state index contributed by atoms with van der Waals surface area (Å²) in [6.45, 7) is 5.10. The molecule has 3 rings (SSSR count). The first-order valence-electron chi connectivity index (χ1n) is 9.40. The summed E-state index contributed by atoms with van der Waals surface area (Å²) in [6.07, 6.45) is 0.196. The van der Waals surface area contributed by atoms with Crippen LogP contribution < -0.4 is 19.7 Å². The van der Waals surface area contributed by atoms with Gasteiger partial charge in [0.2, 0.25) is 11.8 Å². The van der Waals surface area contributed by atoms with Crippen LogP contribution >= 0.6 is 0 Å². The molecule has 6 heteroatoms. The molecule has 1 unspecified atom stereocenters. The lowest BCUT2D eigenvalue weighted by atomic mass is 10.1. The Hall–Kier alpha value is -3.02. The maximum Gasteiger partial charge on any atom is 0.227 e. The summed E-state index contributed by atoms with van der Waals surface area (Å²) in [4.78, 5) is 26.6. The highest BCUT2D eigenvalue weighted by atomic mass is 16.5. The third-order valence-corrected chi connectivity index (χ3v) is 4.81. The average molecular weight is 382 g/mol. The van der Waals surface area contributed by atoms with Crippen LogP contribution in [0.4, 0.5) is 5.69 Å². The van der Waals surface area contributed by atoms with Gasteiger partial charge in [-0.15, -0.1) is 0 Å². The number of nitrogens with zero attached hydrogens (tertiary/aromatic N) is 1. The van der Waals surface area contributed by atoms with Crippen molar-refractivity contribution in [2.75, 3.05) is 31.7 Å². The van der Waals surface area contributed by atoms with E-state index in [4.69, 9.17) is 9.47 Å². The second-order valence-corrected chi connectivity index (χ2v) is 7.03. The van der Waals surface area contributed by atoms with Gasteiger partial charge in [-0.25, -0.2) is 0 Å². The fourth-order valence-electron chi connectivity index (χ4n) is 3.25. The quantitative estimate of drug-likeness (QED) is 0.748. The minimum Gasteiger partial charge on any atom is -0.495 e. The fourth-order valence-corrected chi connectivity index (χ4v) is 3.25. The second kappa shape index (κ2) is 8.78. The van der Waals surface area contributed by atoms with Gasteiger partial charge in [-0.2, -0.15) is 0 Å². The van der Waals surface area contributed by atoms with Gasteiger partial charge in [0.25, 0.3) is 0 Å². The largest absolute Gasteiger partial charge is 0.495 e. The molecule has 0 bridgehead atoms. The van der Waals surface area contributed by atoms with Crippen molar-refractivity contribution in [3.8, 4) is 11.5 Å². The number of amides is 2. The van der Waals surface area contributed by atoms with E-state index in [1.54, 1.807) is 12.0 Å². The number of nitrogens with one attached hydrogen (secondary N) is 1. The number of benzene rings is 2. The van der Waals surface area contributed by atoms with Gasteiger partial charge in [0, 0.05) is 13.0 Å². The summed E-state index contributed by atoms with van der Waals surface area (Å²) in [5, 5.41) is 2.86. The summed E-state index contributed by atoms with van der Waals surface area (Å²) in [7, 11) is 1.58. The number of hydrogen-bond acceptors (Lipinski definition) is 4. The van der Waals surface area contributed by atoms with Crippen molar-refractivity contribution in [3.63, 3.8) is 0 Å². The lowest BCUT2D eigenvalue weighted by molar-refractivity contribution is -0.126. The standard InChI is InChI=1S/C22H26N2O4/c1-15-4-7-18(8-5-15)28-11-10-23-22(26)17-13-21(25)24(14-17)19-12-16(2)6-9-20(19)27-3/h4-9,12,17H,10-11,13-14H2,1-3H3,(H,23,26). The Balaban J connectivity index is 1.52. The molecule has 1 N–H and O–H groups in total. The van der Waals surface area contributed by atoms with E-state index in [1.165, 1.54) is 5.56 Å². The van der Waals surface area contributed by atoms with Gasteiger partial charge < -0.3 is 19.7 Å². The Morgan fingerprint density at radius 3 is 2.57 bits per heavy atom. The summed E-state index contributed by atoms with van der Waals surface area (Å²) >= 11 is 0. The van der Waals surface area contributed by atoms with E-state index in [0.717, 1.165) is 11.3 Å². The molecular weight excluding hydrogens is 356 g/mol. The van der Waals surface area contributed by atoms with Crippen molar-refractivity contribution < 1.29 is 19.1 Å². The molecule has 1 aliphatic rings. The Labute approximate surface area is 165 Å². The van der Waals surface area contributed by atoms with Crippen molar-refractivity contribution in [1.82, 2.24) is 5.32 Å². The molecule has 148 valence electrons. The highest BCUT2D eigenvalue weighted by Crippen LogP contribution is 2.33. The van der Waals surface area contributed by atoms with Crippen molar-refractivity contribution >= 4 is 17.5 Å². The van der Waals surface area contributed by atoms with Crippen molar-refractivity contribution in [2.45, 2.75) is 20.3 Å². The molecular formula is C22H26N2O4. The summed E-state index contributed by atoms with van der Waals surface area (Å²) < 4.78 is 11.0. The molecule has 6 nitrogen and oxygen atoms in total. The number of aryl methyl sites for hydroxylation is 2. The zero-order valence-electron chi connectivity index (χ0n) is 16.5. The average Bonchev–Trinajstić information content (AvgIpc) is 3.08. The van der Waals surface area contributed by atoms with Gasteiger partial charge >= 0.3 is 0 Å². The molecule has 1 aliphatic heterocycles. The van der Waals surface area contributed by atoms with Crippen LogP contribution in [0.2, 0.25) is 0 Å². The Bertz CT molecular complexity index is 848. The van der Waals surface area contributed by atoms with Gasteiger partial charge in [-0.1, -0.05) is 23.8 Å². The minimum absolute atomic E-state index is 0.0695. The van der Waals surface area contributed by atoms with E-state index in [1.807, 2.05) is 56.3 Å². The maximum atomic E-state index is 12.5. The third kappa shape index (κ3) is 4.63. The lowest BCUT2D eigenvalue weighted by Gasteiger charge is -2.20. The number of rotatable bonds is 7. The molecule has 1 atom stereocenters. The molecule has 2 aromatic rings. The number of anilines is 1. The molecule has 0 spiro atoms. The number of carbonyl (C=O) groups excluding carboxylic acids is 2. The third-order valence-electron chi connectivity index (χ3n) is 4.81. The fraction of sp³-hybridized carbons (Fsp3) is 0.364. The number of hydrogen-bond donors (Lipinski definition) is 1. The van der Waals surface area contributed by atoms with Crippen molar-refractivity contribution in [3.05, 3.63) is 53.6 Å². The molecule has 2 aromatic carbocycles. The predicted molar refractivity (Wildman–Crippen MR) is 108 cm³/mol. The number of ether oxygens (including phenoxy) is 2. The molecule has 0 aliphatic carbocycles.